The van der Waals surface area contributed by atoms with Gasteiger partial charge in [-0.15, -0.1) is 0 Å². The number of nitrogens with one attached hydrogen (secondary N) is 1. The van der Waals surface area contributed by atoms with Crippen molar-refractivity contribution in [3.8, 4) is 0 Å². The second kappa shape index (κ2) is 6.04. The summed E-state index contributed by atoms with van der Waals surface area (Å²) in [7, 11) is 0. The van der Waals surface area contributed by atoms with Gasteiger partial charge in [-0.05, 0) is 0 Å². The summed E-state index contributed by atoms with van der Waals surface area (Å²) in [6.07, 6.45) is -1.50. The van der Waals surface area contributed by atoms with Crippen LogP contribution in [0.3, 0.4) is 0 Å². The van der Waals surface area contributed by atoms with Gasteiger partial charge in [-0.3, -0.25) is 4.79 Å². The Hall–Kier alpha value is -1.83. The van der Waals surface area contributed by atoms with Crippen LogP contribution in [0.5, 0.6) is 0 Å². The lowest BCUT2D eigenvalue weighted by Crippen LogP contribution is -2.21. The first-order valence-electron chi connectivity index (χ1n) is 4.68. The number of carbonyl (C=O) groups is 1. The van der Waals surface area contributed by atoms with Crippen LogP contribution in [0.15, 0.2) is 11.0 Å². The van der Waals surface area contributed by atoms with Gasteiger partial charge in [0.25, 0.3) is 12.0 Å². The van der Waals surface area contributed by atoms with Gasteiger partial charge in [0.2, 0.25) is 0 Å². The van der Waals surface area contributed by atoms with Gasteiger partial charge in [0, 0.05) is 12.6 Å². The number of carboxylic acid groups (broad SMARTS) is 1. The van der Waals surface area contributed by atoms with Crippen LogP contribution in [0.2, 0.25) is 0 Å². The minimum absolute atomic E-state index is 0.0281. The Morgan fingerprint density at radius 1 is 1.59 bits per heavy atom. The SMILES string of the molecule is O=C(O)c1cnc(CCOCC(F)F)[nH]c1=O. The van der Waals surface area contributed by atoms with Crippen LogP contribution in [0, 0.1) is 0 Å². The summed E-state index contributed by atoms with van der Waals surface area (Å²) in [5, 5.41) is 8.56. The summed E-state index contributed by atoms with van der Waals surface area (Å²) >= 11 is 0. The van der Waals surface area contributed by atoms with Gasteiger partial charge >= 0.3 is 5.97 Å². The third-order valence-corrected chi connectivity index (χ3v) is 1.81. The van der Waals surface area contributed by atoms with E-state index < -0.39 is 30.1 Å². The number of aromatic carboxylic acids is 1. The Balaban J connectivity index is 2.53. The monoisotopic (exact) mass is 248 g/mol. The molecule has 0 fully saturated rings. The number of carboxylic acids is 1. The van der Waals surface area contributed by atoms with Crippen LogP contribution < -0.4 is 5.56 Å². The summed E-state index contributed by atoms with van der Waals surface area (Å²) in [5.74, 6) is -1.19. The van der Waals surface area contributed by atoms with Crippen molar-refractivity contribution in [2.24, 2.45) is 0 Å². The summed E-state index contributed by atoms with van der Waals surface area (Å²) in [5.41, 5.74) is -1.25. The largest absolute Gasteiger partial charge is 0.477 e. The molecule has 0 bridgehead atoms. The van der Waals surface area contributed by atoms with E-state index in [2.05, 4.69) is 14.7 Å². The van der Waals surface area contributed by atoms with E-state index in [0.717, 1.165) is 6.20 Å². The molecule has 1 rings (SSSR count). The van der Waals surface area contributed by atoms with Crippen LogP contribution in [0.1, 0.15) is 16.2 Å². The number of hydrogen-bond acceptors (Lipinski definition) is 4. The second-order valence-electron chi connectivity index (χ2n) is 3.09. The molecule has 0 atom stereocenters. The maximum absolute atomic E-state index is 11.7. The van der Waals surface area contributed by atoms with Gasteiger partial charge in [-0.2, -0.15) is 0 Å². The van der Waals surface area contributed by atoms with Crippen molar-refractivity contribution in [3.05, 3.63) is 27.9 Å². The van der Waals surface area contributed by atoms with E-state index in [-0.39, 0.29) is 18.9 Å². The molecule has 0 aliphatic rings. The summed E-state index contributed by atoms with van der Waals surface area (Å²) < 4.78 is 28.0. The van der Waals surface area contributed by atoms with Crippen LogP contribution in [-0.2, 0) is 11.2 Å². The van der Waals surface area contributed by atoms with Crippen molar-refractivity contribution in [1.82, 2.24) is 9.97 Å². The van der Waals surface area contributed by atoms with Gasteiger partial charge < -0.3 is 14.8 Å². The van der Waals surface area contributed by atoms with Gasteiger partial charge in [-0.25, -0.2) is 18.6 Å². The van der Waals surface area contributed by atoms with E-state index in [1.165, 1.54) is 0 Å². The molecule has 0 aliphatic heterocycles. The number of alkyl halides is 2. The number of halogens is 2. The molecule has 8 heteroatoms. The molecule has 94 valence electrons. The zero-order valence-electron chi connectivity index (χ0n) is 8.65. The van der Waals surface area contributed by atoms with Crippen LogP contribution in [0.25, 0.3) is 0 Å². The lowest BCUT2D eigenvalue weighted by atomic mass is 10.3. The quantitative estimate of drug-likeness (QED) is 0.706. The molecule has 17 heavy (non-hydrogen) atoms. The molecule has 1 aromatic heterocycles. The van der Waals surface area contributed by atoms with Crippen LogP contribution in [0.4, 0.5) is 8.78 Å². The molecule has 0 unspecified atom stereocenters. The molecule has 0 amide bonds. The lowest BCUT2D eigenvalue weighted by molar-refractivity contribution is 0.0182. The fourth-order valence-electron chi connectivity index (χ4n) is 1.05. The maximum Gasteiger partial charge on any atom is 0.342 e. The highest BCUT2D eigenvalue weighted by Gasteiger charge is 2.09. The molecule has 0 aliphatic carbocycles. The van der Waals surface area contributed by atoms with Crippen molar-refractivity contribution >= 4 is 5.97 Å². The van der Waals surface area contributed by atoms with Crippen molar-refractivity contribution in [2.75, 3.05) is 13.2 Å². The summed E-state index contributed by atoms with van der Waals surface area (Å²) in [4.78, 5) is 27.6. The van der Waals surface area contributed by atoms with E-state index in [1.807, 2.05) is 0 Å². The highest BCUT2D eigenvalue weighted by Crippen LogP contribution is 1.95. The van der Waals surface area contributed by atoms with Gasteiger partial charge in [0.15, 0.2) is 0 Å². The molecule has 0 aromatic carbocycles. The molecule has 0 radical (unpaired) electrons. The first kappa shape index (κ1) is 13.2. The molecular formula is C9H10F2N2O4. The lowest BCUT2D eigenvalue weighted by Gasteiger charge is -2.03. The predicted octanol–water partition coefficient (Wildman–Crippen LogP) is 0.292. The molecule has 1 aromatic rings. The molecule has 1 heterocycles. The minimum atomic E-state index is -2.55. The van der Waals surface area contributed by atoms with Crippen LogP contribution >= 0.6 is 0 Å². The number of H-pyrrole nitrogens is 1. The second-order valence-corrected chi connectivity index (χ2v) is 3.09. The number of aromatic nitrogens is 2. The number of rotatable bonds is 6. The molecule has 2 N–H and O–H groups in total. The minimum Gasteiger partial charge on any atom is -0.477 e. The Morgan fingerprint density at radius 2 is 2.29 bits per heavy atom. The van der Waals surface area contributed by atoms with Crippen LogP contribution in [-0.4, -0.2) is 40.7 Å². The van der Waals surface area contributed by atoms with Crippen molar-refractivity contribution in [3.63, 3.8) is 0 Å². The normalized spacial score (nSPS) is 10.8. The van der Waals surface area contributed by atoms with Gasteiger partial charge in [0.1, 0.15) is 18.0 Å². The van der Waals surface area contributed by atoms with Gasteiger partial charge in [0.05, 0.1) is 6.61 Å². The van der Waals surface area contributed by atoms with E-state index in [9.17, 15) is 18.4 Å². The van der Waals surface area contributed by atoms with E-state index in [0.29, 0.717) is 0 Å². The molecular weight excluding hydrogens is 238 g/mol. The molecule has 0 saturated heterocycles. The Bertz CT molecular complexity index is 447. The highest BCUT2D eigenvalue weighted by atomic mass is 19.3. The third-order valence-electron chi connectivity index (χ3n) is 1.81. The molecule has 0 spiro atoms. The number of ether oxygens (including phenoxy) is 1. The van der Waals surface area contributed by atoms with Crippen molar-refractivity contribution < 1.29 is 23.4 Å². The predicted molar refractivity (Wildman–Crippen MR) is 52.3 cm³/mol. The topological polar surface area (TPSA) is 92.3 Å². The fourth-order valence-corrected chi connectivity index (χ4v) is 1.05. The Morgan fingerprint density at radius 3 is 2.82 bits per heavy atom. The van der Waals surface area contributed by atoms with E-state index >= 15 is 0 Å². The van der Waals surface area contributed by atoms with Crippen molar-refractivity contribution in [1.29, 1.82) is 0 Å². The molecule has 0 saturated carbocycles. The zero-order chi connectivity index (χ0) is 12.8. The standard InChI is InChI=1S/C9H10F2N2O4/c10-6(11)4-17-2-1-7-12-3-5(9(15)16)8(14)13-7/h3,6H,1-2,4H2,(H,15,16)(H,12,13,14). The smallest absolute Gasteiger partial charge is 0.342 e. The first-order valence-corrected chi connectivity index (χ1v) is 4.68. The number of nitrogens with zero attached hydrogens (tertiary/aromatic N) is 1. The highest BCUT2D eigenvalue weighted by molar-refractivity contribution is 5.86. The van der Waals surface area contributed by atoms with E-state index in [1.54, 1.807) is 0 Å². The Kier molecular flexibility index (Phi) is 4.70. The average molecular weight is 248 g/mol. The zero-order valence-corrected chi connectivity index (χ0v) is 8.65. The number of aromatic amines is 1. The third kappa shape index (κ3) is 4.27. The fraction of sp³-hybridized carbons (Fsp3) is 0.444. The van der Waals surface area contributed by atoms with Crippen molar-refractivity contribution in [2.45, 2.75) is 12.8 Å². The number of hydrogen-bond donors (Lipinski definition) is 2. The summed E-state index contributed by atoms with van der Waals surface area (Å²) in [6.45, 7) is -0.711. The average Bonchev–Trinajstić information content (AvgIpc) is 2.23. The summed E-state index contributed by atoms with van der Waals surface area (Å²) in [6, 6.07) is 0. The maximum atomic E-state index is 11.7. The molecule has 6 nitrogen and oxygen atoms in total. The Labute approximate surface area is 94.3 Å². The van der Waals surface area contributed by atoms with Gasteiger partial charge in [-0.1, -0.05) is 0 Å². The van der Waals surface area contributed by atoms with E-state index in [4.69, 9.17) is 5.11 Å². The first-order chi connectivity index (χ1) is 8.00.